The minimum absolute atomic E-state index is 0.00719. The zero-order chi connectivity index (χ0) is 20.2. The number of ether oxygens (including phenoxy) is 1. The highest BCUT2D eigenvalue weighted by Crippen LogP contribution is 2.34. The number of hydrogen-bond donors (Lipinski definition) is 1. The van der Waals surface area contributed by atoms with Crippen LogP contribution in [0.25, 0.3) is 0 Å². The number of nitrogens with zero attached hydrogens (tertiary/aromatic N) is 1. The van der Waals surface area contributed by atoms with Gasteiger partial charge in [0.2, 0.25) is 5.91 Å². The smallest absolute Gasteiger partial charge is 0.268 e. The van der Waals surface area contributed by atoms with Crippen molar-refractivity contribution in [2.75, 3.05) is 18.0 Å². The fourth-order valence-corrected chi connectivity index (χ4v) is 3.55. The van der Waals surface area contributed by atoms with Crippen molar-refractivity contribution in [2.24, 2.45) is 0 Å². The van der Waals surface area contributed by atoms with Crippen LogP contribution in [0, 0.1) is 0 Å². The van der Waals surface area contributed by atoms with Crippen LogP contribution in [-0.2, 0) is 9.59 Å². The summed E-state index contributed by atoms with van der Waals surface area (Å²) in [6, 6.07) is 7.53. The molecule has 0 fully saturated rings. The summed E-state index contributed by atoms with van der Waals surface area (Å²) >= 11 is 0. The Balaban J connectivity index is 1.67. The van der Waals surface area contributed by atoms with E-state index in [1.807, 2.05) is 31.2 Å². The van der Waals surface area contributed by atoms with Crippen LogP contribution in [0.1, 0.15) is 78.1 Å². The second-order valence-electron chi connectivity index (χ2n) is 7.55. The van der Waals surface area contributed by atoms with Crippen molar-refractivity contribution in [3.8, 4) is 5.75 Å². The molecule has 0 spiro atoms. The lowest BCUT2D eigenvalue weighted by molar-refractivity contribution is -0.126. The number of amides is 2. The van der Waals surface area contributed by atoms with Gasteiger partial charge in [0.1, 0.15) is 5.75 Å². The molecule has 1 aromatic rings. The van der Waals surface area contributed by atoms with Crippen LogP contribution >= 0.6 is 0 Å². The maximum absolute atomic E-state index is 12.6. The molecule has 1 aliphatic rings. The van der Waals surface area contributed by atoms with E-state index in [2.05, 4.69) is 12.2 Å². The molecule has 0 bridgehead atoms. The fraction of sp³-hybridized carbons (Fsp3) is 0.652. The van der Waals surface area contributed by atoms with Gasteiger partial charge in [0.05, 0.1) is 5.69 Å². The third-order valence-corrected chi connectivity index (χ3v) is 5.25. The van der Waals surface area contributed by atoms with Gasteiger partial charge < -0.3 is 15.0 Å². The molecule has 0 radical (unpaired) electrons. The maximum atomic E-state index is 12.6. The predicted octanol–water partition coefficient (Wildman–Crippen LogP) is 4.84. The Bertz CT molecular complexity index is 618. The summed E-state index contributed by atoms with van der Waals surface area (Å²) < 4.78 is 5.77. The van der Waals surface area contributed by atoms with Crippen molar-refractivity contribution in [1.82, 2.24) is 5.32 Å². The summed E-state index contributed by atoms with van der Waals surface area (Å²) in [7, 11) is 0. The van der Waals surface area contributed by atoms with Gasteiger partial charge >= 0.3 is 0 Å². The van der Waals surface area contributed by atoms with Crippen LogP contribution in [0.3, 0.4) is 0 Å². The van der Waals surface area contributed by atoms with Crippen LogP contribution in [0.4, 0.5) is 5.69 Å². The molecule has 1 unspecified atom stereocenters. The van der Waals surface area contributed by atoms with Gasteiger partial charge in [-0.3, -0.25) is 9.59 Å². The molecule has 156 valence electrons. The normalized spacial score (nSPS) is 15.9. The summed E-state index contributed by atoms with van der Waals surface area (Å²) in [5, 5.41) is 2.99. The van der Waals surface area contributed by atoms with E-state index in [0.29, 0.717) is 25.1 Å². The van der Waals surface area contributed by atoms with Gasteiger partial charge in [0, 0.05) is 19.5 Å². The van der Waals surface area contributed by atoms with Crippen LogP contribution in [0.15, 0.2) is 24.3 Å². The summed E-state index contributed by atoms with van der Waals surface area (Å²) in [5.41, 5.74) is 0.757. The standard InChI is InChI=1S/C23H36N2O3/c1-3-5-6-7-8-9-10-13-17-24-22(26)16-18-25-19-14-11-12-15-21(19)28-20(4-2)23(25)27/h11-12,14-15,20H,3-10,13,16-18H2,1-2H3,(H,24,26). The van der Waals surface area contributed by atoms with Crippen LogP contribution < -0.4 is 15.0 Å². The molecule has 1 aromatic carbocycles. The lowest BCUT2D eigenvalue weighted by Crippen LogP contribution is -2.46. The Hall–Kier alpha value is -2.04. The second-order valence-corrected chi connectivity index (χ2v) is 7.55. The monoisotopic (exact) mass is 388 g/mol. The number of fused-ring (bicyclic) bond motifs is 1. The summed E-state index contributed by atoms with van der Waals surface area (Å²) in [5.74, 6) is 0.665. The molecule has 0 saturated heterocycles. The van der Waals surface area contributed by atoms with Gasteiger partial charge in [-0.1, -0.05) is 70.9 Å². The number of benzene rings is 1. The highest BCUT2D eigenvalue weighted by Gasteiger charge is 2.32. The lowest BCUT2D eigenvalue weighted by atomic mass is 10.1. The Morgan fingerprint density at radius 1 is 1.04 bits per heavy atom. The van der Waals surface area contributed by atoms with Gasteiger partial charge in [0.15, 0.2) is 6.10 Å². The van der Waals surface area contributed by atoms with Gasteiger partial charge in [-0.05, 0) is 25.0 Å². The molecule has 2 rings (SSSR count). The van der Waals surface area contributed by atoms with Crippen molar-refractivity contribution >= 4 is 17.5 Å². The van der Waals surface area contributed by atoms with Crippen molar-refractivity contribution in [2.45, 2.75) is 84.2 Å². The van der Waals surface area contributed by atoms with Crippen molar-refractivity contribution in [1.29, 1.82) is 0 Å². The number of nitrogens with one attached hydrogen (secondary N) is 1. The number of carbonyl (C=O) groups excluding carboxylic acids is 2. The molecular formula is C23H36N2O3. The maximum Gasteiger partial charge on any atom is 0.268 e. The van der Waals surface area contributed by atoms with E-state index < -0.39 is 6.10 Å². The zero-order valence-corrected chi connectivity index (χ0v) is 17.5. The molecule has 1 atom stereocenters. The van der Waals surface area contributed by atoms with E-state index in [9.17, 15) is 9.59 Å². The largest absolute Gasteiger partial charge is 0.478 e. The van der Waals surface area contributed by atoms with Gasteiger partial charge in [0.25, 0.3) is 5.91 Å². The van der Waals surface area contributed by atoms with Crippen molar-refractivity contribution < 1.29 is 14.3 Å². The lowest BCUT2D eigenvalue weighted by Gasteiger charge is -2.33. The SMILES string of the molecule is CCCCCCCCCCNC(=O)CCN1C(=O)C(CC)Oc2ccccc21. The van der Waals surface area contributed by atoms with Gasteiger partial charge in [-0.15, -0.1) is 0 Å². The minimum Gasteiger partial charge on any atom is -0.478 e. The van der Waals surface area contributed by atoms with Gasteiger partial charge in [-0.2, -0.15) is 0 Å². The van der Waals surface area contributed by atoms with E-state index in [1.54, 1.807) is 4.90 Å². The quantitative estimate of drug-likeness (QED) is 0.492. The molecule has 28 heavy (non-hydrogen) atoms. The molecule has 1 aliphatic heterocycles. The fourth-order valence-electron chi connectivity index (χ4n) is 3.55. The van der Waals surface area contributed by atoms with Crippen molar-refractivity contribution in [3.05, 3.63) is 24.3 Å². The molecule has 0 aromatic heterocycles. The molecule has 2 amide bonds. The first kappa shape index (κ1) is 22.3. The summed E-state index contributed by atoms with van der Waals surface area (Å²) in [6.07, 6.45) is 10.5. The third-order valence-electron chi connectivity index (χ3n) is 5.25. The zero-order valence-electron chi connectivity index (χ0n) is 17.5. The highest BCUT2D eigenvalue weighted by atomic mass is 16.5. The van der Waals surface area contributed by atoms with E-state index in [0.717, 1.165) is 18.7 Å². The van der Waals surface area contributed by atoms with E-state index in [4.69, 9.17) is 4.74 Å². The minimum atomic E-state index is -0.463. The highest BCUT2D eigenvalue weighted by molar-refractivity contribution is 6.00. The number of rotatable bonds is 13. The predicted molar refractivity (Wildman–Crippen MR) is 114 cm³/mol. The number of carbonyl (C=O) groups is 2. The average molecular weight is 389 g/mol. The molecule has 0 aliphatic carbocycles. The van der Waals surface area contributed by atoms with Crippen LogP contribution in [0.2, 0.25) is 0 Å². The topological polar surface area (TPSA) is 58.6 Å². The third kappa shape index (κ3) is 6.84. The molecular weight excluding hydrogens is 352 g/mol. The average Bonchev–Trinajstić information content (AvgIpc) is 2.71. The summed E-state index contributed by atoms with van der Waals surface area (Å²) in [4.78, 5) is 26.5. The molecule has 1 N–H and O–H groups in total. The van der Waals surface area contributed by atoms with E-state index >= 15 is 0 Å². The Kier molecular flexibility index (Phi) is 9.87. The Morgan fingerprint density at radius 3 is 2.43 bits per heavy atom. The molecule has 0 saturated carbocycles. The van der Waals surface area contributed by atoms with Gasteiger partial charge in [-0.25, -0.2) is 0 Å². The number of unbranched alkanes of at least 4 members (excludes halogenated alkanes) is 7. The molecule has 5 nitrogen and oxygen atoms in total. The van der Waals surface area contributed by atoms with Crippen LogP contribution in [0.5, 0.6) is 5.75 Å². The van der Waals surface area contributed by atoms with E-state index in [1.165, 1.54) is 44.9 Å². The van der Waals surface area contributed by atoms with Crippen molar-refractivity contribution in [3.63, 3.8) is 0 Å². The number of anilines is 1. The van der Waals surface area contributed by atoms with E-state index in [-0.39, 0.29) is 11.8 Å². The molecule has 5 heteroatoms. The van der Waals surface area contributed by atoms with Crippen LogP contribution in [-0.4, -0.2) is 31.0 Å². The summed E-state index contributed by atoms with van der Waals surface area (Å²) in [6.45, 7) is 5.28. The number of para-hydroxylation sites is 2. The molecule has 1 heterocycles. The Morgan fingerprint density at radius 2 is 1.71 bits per heavy atom. The first-order chi connectivity index (χ1) is 13.7. The first-order valence-corrected chi connectivity index (χ1v) is 11.0. The Labute approximate surface area is 169 Å². The first-order valence-electron chi connectivity index (χ1n) is 11.0. The second kappa shape index (κ2) is 12.4. The number of hydrogen-bond acceptors (Lipinski definition) is 3.